The Bertz CT molecular complexity index is 394. The topological polar surface area (TPSA) is 54.9 Å². The molecular formula is C13H17N3O. The number of nitrogens with one attached hydrogen (secondary N) is 1. The third-order valence-electron chi connectivity index (χ3n) is 3.17. The highest BCUT2D eigenvalue weighted by molar-refractivity contribution is 5.97. The van der Waals surface area contributed by atoms with Crippen molar-refractivity contribution in [1.29, 1.82) is 0 Å². The molecule has 0 atom stereocenters. The van der Waals surface area contributed by atoms with Gasteiger partial charge in [0.05, 0.1) is 0 Å². The van der Waals surface area contributed by atoms with E-state index in [4.69, 9.17) is 0 Å². The van der Waals surface area contributed by atoms with E-state index in [1.807, 2.05) is 12.4 Å². The molecule has 17 heavy (non-hydrogen) atoms. The largest absolute Gasteiger partial charge is 0.291 e. The Morgan fingerprint density at radius 3 is 2.53 bits per heavy atom. The molecule has 2 rings (SSSR count). The molecule has 4 heteroatoms. The van der Waals surface area contributed by atoms with Gasteiger partial charge in [0.15, 0.2) is 0 Å². The van der Waals surface area contributed by atoms with Crippen LogP contribution in [0.15, 0.2) is 25.0 Å². The van der Waals surface area contributed by atoms with E-state index in [-0.39, 0.29) is 5.91 Å². The van der Waals surface area contributed by atoms with Gasteiger partial charge >= 0.3 is 0 Å². The minimum atomic E-state index is -0.282. The van der Waals surface area contributed by atoms with Crippen LogP contribution >= 0.6 is 0 Å². The van der Waals surface area contributed by atoms with E-state index >= 15 is 0 Å². The van der Waals surface area contributed by atoms with E-state index in [0.717, 1.165) is 0 Å². The van der Waals surface area contributed by atoms with Crippen LogP contribution in [0, 0.1) is 0 Å². The first-order valence-electron chi connectivity index (χ1n) is 6.05. The van der Waals surface area contributed by atoms with Crippen LogP contribution in [0.3, 0.4) is 0 Å². The van der Waals surface area contributed by atoms with Crippen molar-refractivity contribution in [3.63, 3.8) is 0 Å². The summed E-state index contributed by atoms with van der Waals surface area (Å²) >= 11 is 0. The predicted octanol–water partition coefficient (Wildman–Crippen LogP) is 2.65. The third-order valence-corrected chi connectivity index (χ3v) is 3.17. The molecule has 1 saturated carbocycles. The predicted molar refractivity (Wildman–Crippen MR) is 66.7 cm³/mol. The highest BCUT2D eigenvalue weighted by Gasteiger charge is 2.16. The highest BCUT2D eigenvalue weighted by atomic mass is 16.1. The smallest absolute Gasteiger partial charge is 0.250 e. The van der Waals surface area contributed by atoms with Crippen molar-refractivity contribution in [1.82, 2.24) is 9.97 Å². The summed E-state index contributed by atoms with van der Waals surface area (Å²) < 4.78 is 0. The number of rotatable bonds is 3. The zero-order chi connectivity index (χ0) is 12.1. The van der Waals surface area contributed by atoms with Crippen LogP contribution in [-0.2, 0) is 4.79 Å². The number of anilines is 1. The maximum absolute atomic E-state index is 11.1. The molecule has 1 aromatic heterocycles. The Morgan fingerprint density at radius 1 is 1.29 bits per heavy atom. The molecule has 0 aliphatic heterocycles. The molecule has 0 unspecified atom stereocenters. The van der Waals surface area contributed by atoms with Gasteiger partial charge in [0.1, 0.15) is 0 Å². The molecule has 0 saturated heterocycles. The Balaban J connectivity index is 2.01. The molecule has 1 heterocycles. The molecule has 1 aromatic rings. The summed E-state index contributed by atoms with van der Waals surface area (Å²) in [5.41, 5.74) is 1.18. The summed E-state index contributed by atoms with van der Waals surface area (Å²) in [6.07, 6.45) is 11.2. The third kappa shape index (κ3) is 3.12. The number of carbonyl (C=O) groups excluding carboxylic acids is 1. The molecule has 1 N–H and O–H groups in total. The Kier molecular flexibility index (Phi) is 3.85. The van der Waals surface area contributed by atoms with Crippen LogP contribution in [0.1, 0.15) is 43.6 Å². The fourth-order valence-corrected chi connectivity index (χ4v) is 2.21. The van der Waals surface area contributed by atoms with Gasteiger partial charge in [-0.25, -0.2) is 9.97 Å². The van der Waals surface area contributed by atoms with Gasteiger partial charge < -0.3 is 0 Å². The fourth-order valence-electron chi connectivity index (χ4n) is 2.21. The van der Waals surface area contributed by atoms with Crippen molar-refractivity contribution in [3.8, 4) is 0 Å². The number of nitrogens with zero attached hydrogens (tertiary/aromatic N) is 2. The number of amides is 1. The molecule has 1 fully saturated rings. The van der Waals surface area contributed by atoms with Crippen LogP contribution in [-0.4, -0.2) is 15.9 Å². The van der Waals surface area contributed by atoms with Crippen LogP contribution in [0.2, 0.25) is 0 Å². The zero-order valence-corrected chi connectivity index (χ0v) is 9.85. The van der Waals surface area contributed by atoms with Crippen LogP contribution < -0.4 is 5.32 Å². The Hall–Kier alpha value is -1.71. The first kappa shape index (κ1) is 11.8. The molecule has 4 nitrogen and oxygen atoms in total. The molecule has 0 aromatic carbocycles. The van der Waals surface area contributed by atoms with Crippen molar-refractivity contribution < 1.29 is 4.79 Å². The van der Waals surface area contributed by atoms with Gasteiger partial charge in [-0.05, 0) is 30.4 Å². The Labute approximate surface area is 101 Å². The van der Waals surface area contributed by atoms with Crippen molar-refractivity contribution in [2.75, 3.05) is 5.32 Å². The summed E-state index contributed by atoms with van der Waals surface area (Å²) in [6.45, 7) is 3.38. The average molecular weight is 231 g/mol. The number of hydrogen-bond donors (Lipinski definition) is 1. The average Bonchev–Trinajstić information content (AvgIpc) is 2.40. The van der Waals surface area contributed by atoms with Crippen LogP contribution in [0.4, 0.5) is 5.95 Å². The highest BCUT2D eigenvalue weighted by Crippen LogP contribution is 2.31. The molecule has 1 amide bonds. The second-order valence-corrected chi connectivity index (χ2v) is 4.37. The summed E-state index contributed by atoms with van der Waals surface area (Å²) in [4.78, 5) is 19.4. The van der Waals surface area contributed by atoms with Gasteiger partial charge in [-0.1, -0.05) is 25.8 Å². The standard InChI is InChI=1S/C13H17N3O/c1-2-12(17)16-13-14-8-11(9-15-13)10-6-4-3-5-7-10/h2,8-10H,1,3-7H2,(H,14,15,16,17). The normalized spacial score (nSPS) is 16.5. The quantitative estimate of drug-likeness (QED) is 0.814. The summed E-state index contributed by atoms with van der Waals surface area (Å²) in [6, 6.07) is 0. The van der Waals surface area contributed by atoms with Gasteiger partial charge in [0.2, 0.25) is 11.9 Å². The van der Waals surface area contributed by atoms with Gasteiger partial charge in [0, 0.05) is 12.4 Å². The van der Waals surface area contributed by atoms with E-state index in [2.05, 4.69) is 21.9 Å². The van der Waals surface area contributed by atoms with Gasteiger partial charge in [-0.3, -0.25) is 10.1 Å². The number of aromatic nitrogens is 2. The van der Waals surface area contributed by atoms with E-state index < -0.39 is 0 Å². The van der Waals surface area contributed by atoms with E-state index in [0.29, 0.717) is 11.9 Å². The molecule has 90 valence electrons. The molecule has 0 radical (unpaired) electrons. The van der Waals surface area contributed by atoms with Crippen LogP contribution in [0.25, 0.3) is 0 Å². The second-order valence-electron chi connectivity index (χ2n) is 4.37. The molecule has 1 aliphatic rings. The van der Waals surface area contributed by atoms with Crippen molar-refractivity contribution in [3.05, 3.63) is 30.6 Å². The maximum Gasteiger partial charge on any atom is 0.250 e. The summed E-state index contributed by atoms with van der Waals surface area (Å²) in [5, 5.41) is 2.54. The minimum absolute atomic E-state index is 0.282. The summed E-state index contributed by atoms with van der Waals surface area (Å²) in [7, 11) is 0. The first-order chi connectivity index (χ1) is 8.29. The van der Waals surface area contributed by atoms with E-state index in [9.17, 15) is 4.79 Å². The molecular weight excluding hydrogens is 214 g/mol. The van der Waals surface area contributed by atoms with Gasteiger partial charge in [-0.15, -0.1) is 0 Å². The SMILES string of the molecule is C=CC(=O)Nc1ncc(C2CCCCC2)cn1. The number of carbonyl (C=O) groups is 1. The van der Waals surface area contributed by atoms with Crippen molar-refractivity contribution in [2.45, 2.75) is 38.0 Å². The minimum Gasteiger partial charge on any atom is -0.291 e. The lowest BCUT2D eigenvalue weighted by molar-refractivity contribution is -0.111. The molecule has 0 bridgehead atoms. The summed E-state index contributed by atoms with van der Waals surface area (Å²) in [5.74, 6) is 0.651. The second kappa shape index (κ2) is 5.57. The first-order valence-corrected chi connectivity index (χ1v) is 6.05. The Morgan fingerprint density at radius 2 is 1.94 bits per heavy atom. The number of hydrogen-bond acceptors (Lipinski definition) is 3. The van der Waals surface area contributed by atoms with E-state index in [1.54, 1.807) is 0 Å². The van der Waals surface area contributed by atoms with Gasteiger partial charge in [0.25, 0.3) is 0 Å². The molecule has 0 spiro atoms. The fraction of sp³-hybridized carbons (Fsp3) is 0.462. The zero-order valence-electron chi connectivity index (χ0n) is 9.85. The lowest BCUT2D eigenvalue weighted by Crippen LogP contribution is -2.11. The van der Waals surface area contributed by atoms with Gasteiger partial charge in [-0.2, -0.15) is 0 Å². The molecule has 1 aliphatic carbocycles. The van der Waals surface area contributed by atoms with E-state index in [1.165, 1.54) is 43.7 Å². The van der Waals surface area contributed by atoms with Crippen molar-refractivity contribution >= 4 is 11.9 Å². The lowest BCUT2D eigenvalue weighted by Gasteiger charge is -2.21. The maximum atomic E-state index is 11.1. The lowest BCUT2D eigenvalue weighted by atomic mass is 9.85. The monoisotopic (exact) mass is 231 g/mol. The van der Waals surface area contributed by atoms with Crippen molar-refractivity contribution in [2.24, 2.45) is 0 Å². The van der Waals surface area contributed by atoms with Crippen LogP contribution in [0.5, 0.6) is 0 Å².